The molecule has 13 nitrogen and oxygen atoms in total. The summed E-state index contributed by atoms with van der Waals surface area (Å²) in [5.74, 6) is 0. The van der Waals surface area contributed by atoms with Crippen LogP contribution in [0, 0.1) is 20.2 Å². The Hall–Kier alpha value is -3.60. The first-order chi connectivity index (χ1) is 33.8. The van der Waals surface area contributed by atoms with E-state index in [1.807, 2.05) is 48.8 Å². The first kappa shape index (κ1) is 69.4. The van der Waals surface area contributed by atoms with E-state index >= 15 is 0 Å². The molecule has 3 saturated heterocycles. The first-order valence-corrected chi connectivity index (χ1v) is 27.7. The van der Waals surface area contributed by atoms with Crippen molar-refractivity contribution in [2.45, 2.75) is 64.2 Å². The zero-order valence-corrected chi connectivity index (χ0v) is 44.5. The van der Waals surface area contributed by atoms with Crippen LogP contribution in [0.4, 0.5) is 61.7 Å². The molecular weight excluding hydrogens is 1160 g/mol. The molecule has 2 aromatic carbocycles. The van der Waals surface area contributed by atoms with Crippen LogP contribution in [-0.2, 0) is 64.6 Å². The van der Waals surface area contributed by atoms with E-state index in [0.29, 0.717) is 0 Å². The average molecular weight is 1230 g/mol. The van der Waals surface area contributed by atoms with E-state index in [9.17, 15) is 70.6 Å². The van der Waals surface area contributed by atoms with Crippen LogP contribution in [0.25, 0.3) is 0 Å². The van der Waals surface area contributed by atoms with Gasteiger partial charge in [-0.15, -0.1) is 0 Å². The number of hydrogen-bond donors (Lipinski definition) is 0. The van der Waals surface area contributed by atoms with E-state index in [1.54, 1.807) is 24.3 Å². The number of pyridine rings is 2. The fraction of sp³-hybridized carbons (Fsp3) is 0.522. The molecule has 75 heavy (non-hydrogen) atoms. The number of hydrogen-bond acceptors (Lipinski definition) is 11. The standard InChI is InChI=1S/2C21H28N4O2.C4H8O.2Cu.2F6P/c2*26-25(27)21-8-6-19(7-9-21)10-17-23-13-3-15-24(16-4-14-23)18-11-20-5-1-2-12-22-20;1-2-4-5-3-1;;;2*1-7(2,3,4,5)6/h2*1-2,5-9,12H,3-4,10-11,13-18H2;1-4H2;;;;/q;;;2*+1;2*-1. The van der Waals surface area contributed by atoms with E-state index in [4.69, 9.17) is 4.74 Å². The van der Waals surface area contributed by atoms with E-state index in [1.165, 1.54) is 61.0 Å². The van der Waals surface area contributed by atoms with Crippen molar-refractivity contribution in [3.63, 3.8) is 0 Å². The van der Waals surface area contributed by atoms with Crippen molar-refractivity contribution in [3.8, 4) is 0 Å². The maximum Gasteiger partial charge on any atom is 1.00 e. The number of nitrogens with zero attached hydrogens (tertiary/aromatic N) is 8. The fourth-order valence-corrected chi connectivity index (χ4v) is 7.70. The summed E-state index contributed by atoms with van der Waals surface area (Å²) in [6.07, 6.45) is 14.9. The summed E-state index contributed by atoms with van der Waals surface area (Å²) in [5, 5.41) is 21.5. The molecule has 5 heterocycles. The van der Waals surface area contributed by atoms with Gasteiger partial charge in [-0.3, -0.25) is 30.2 Å². The topological polar surface area (TPSA) is 134 Å². The van der Waals surface area contributed by atoms with Crippen molar-refractivity contribution in [2.24, 2.45) is 0 Å². The zero-order valence-electron chi connectivity index (χ0n) is 40.9. The Morgan fingerprint density at radius 1 is 0.427 bits per heavy atom. The van der Waals surface area contributed by atoms with Gasteiger partial charge in [0.15, 0.2) is 0 Å². The first-order valence-electron chi connectivity index (χ1n) is 23.7. The minimum Gasteiger partial charge on any atom is -0.303 e. The van der Waals surface area contributed by atoms with Crippen LogP contribution in [-0.4, -0.2) is 131 Å². The molecule has 3 fully saturated rings. The van der Waals surface area contributed by atoms with Gasteiger partial charge < -0.3 is 24.3 Å². The van der Waals surface area contributed by atoms with Gasteiger partial charge in [0.2, 0.25) is 0 Å². The maximum absolute atomic E-state index is 10.7. The molecule has 434 valence electrons. The van der Waals surface area contributed by atoms with Gasteiger partial charge in [-0.25, -0.2) is 0 Å². The summed E-state index contributed by atoms with van der Waals surface area (Å²) >= 11 is 0. The molecule has 0 amide bonds. The molecule has 3 aliphatic rings. The number of nitro benzene ring substituents is 2. The molecule has 0 spiro atoms. The monoisotopic (exact) mass is 1220 g/mol. The third-order valence-electron chi connectivity index (χ3n) is 11.2. The Labute approximate surface area is 449 Å². The second-order valence-corrected chi connectivity index (χ2v) is 21.3. The third kappa shape index (κ3) is 41.2. The van der Waals surface area contributed by atoms with Crippen LogP contribution in [0.1, 0.15) is 61.0 Å². The summed E-state index contributed by atoms with van der Waals surface area (Å²) in [4.78, 5) is 39.8. The van der Waals surface area contributed by atoms with Crippen LogP contribution in [0.3, 0.4) is 0 Å². The minimum atomic E-state index is -10.7. The Kier molecular flexibility index (Phi) is 28.2. The second-order valence-electron chi connectivity index (χ2n) is 17.5. The number of halogens is 12. The minimum absolute atomic E-state index is 0. The van der Waals surface area contributed by atoms with Crippen molar-refractivity contribution < 1.29 is 99.1 Å². The normalized spacial score (nSPS) is 17.9. The summed E-state index contributed by atoms with van der Waals surface area (Å²) in [5.41, 5.74) is 5.00. The predicted molar refractivity (Wildman–Crippen MR) is 261 cm³/mol. The largest absolute Gasteiger partial charge is 1.00 e. The molecule has 4 aromatic rings. The zero-order chi connectivity index (χ0) is 54.2. The number of nitro groups is 2. The molecule has 0 bridgehead atoms. The molecule has 0 saturated carbocycles. The third-order valence-corrected chi connectivity index (χ3v) is 11.2. The van der Waals surface area contributed by atoms with E-state index < -0.39 is 15.6 Å². The Balaban J connectivity index is 0.000000546. The van der Waals surface area contributed by atoms with Crippen LogP contribution in [0.2, 0.25) is 0 Å². The van der Waals surface area contributed by atoms with E-state index in [2.05, 4.69) is 53.8 Å². The van der Waals surface area contributed by atoms with Gasteiger partial charge in [0.1, 0.15) is 0 Å². The van der Waals surface area contributed by atoms with Crippen molar-refractivity contribution in [1.82, 2.24) is 29.6 Å². The van der Waals surface area contributed by atoms with Crippen LogP contribution in [0.15, 0.2) is 97.3 Å². The molecular formula is C46H64Cu2F12N8O5P2. The molecule has 0 aliphatic carbocycles. The average Bonchev–Trinajstić information content (AvgIpc) is 3.88. The Morgan fingerprint density at radius 3 is 0.907 bits per heavy atom. The SMILES string of the molecule is C1CCOC1.F[P-](F)(F)(F)(F)F.F[P-](F)(F)(F)(F)F.O=[N+]([O-])c1ccc(CCN2CCCN(CCc3ccccn3)CCC2)cc1.O=[N+]([O-])c1ccc(CCN2CCCN(CCc3ccccn3)CCC2)cc1.[Cu+].[Cu+]. The van der Waals surface area contributed by atoms with Crippen LogP contribution >= 0.6 is 15.6 Å². The molecule has 0 radical (unpaired) electrons. The summed E-state index contributed by atoms with van der Waals surface area (Å²) in [7, 11) is -21.3. The number of benzene rings is 2. The van der Waals surface area contributed by atoms with Gasteiger partial charge in [0, 0.05) is 100 Å². The molecule has 0 N–H and O–H groups in total. The van der Waals surface area contributed by atoms with E-state index in [-0.39, 0.29) is 55.4 Å². The number of non-ortho nitro benzene ring substituents is 2. The number of ether oxygens (including phenoxy) is 1. The van der Waals surface area contributed by atoms with Gasteiger partial charge >= 0.3 is 100 Å². The smallest absolute Gasteiger partial charge is 0.303 e. The number of rotatable bonds is 14. The van der Waals surface area contributed by atoms with Crippen LogP contribution in [0.5, 0.6) is 0 Å². The van der Waals surface area contributed by atoms with Crippen molar-refractivity contribution >= 4 is 27.0 Å². The van der Waals surface area contributed by atoms with Crippen molar-refractivity contribution in [2.75, 3.05) is 91.8 Å². The molecule has 2 aromatic heterocycles. The van der Waals surface area contributed by atoms with Crippen molar-refractivity contribution in [3.05, 3.63) is 140 Å². The van der Waals surface area contributed by atoms with Gasteiger partial charge in [-0.05, 0) is 139 Å². The Bertz CT molecular complexity index is 2040. The molecule has 7 rings (SSSR count). The molecule has 29 heteroatoms. The van der Waals surface area contributed by atoms with Crippen molar-refractivity contribution in [1.29, 1.82) is 0 Å². The summed E-state index contributed by atoms with van der Waals surface area (Å²) in [6.45, 7) is 15.2. The van der Waals surface area contributed by atoms with Gasteiger partial charge in [-0.2, -0.15) is 0 Å². The second kappa shape index (κ2) is 30.5. The van der Waals surface area contributed by atoms with Gasteiger partial charge in [0.05, 0.1) is 9.85 Å². The molecule has 3 aliphatic heterocycles. The summed E-state index contributed by atoms with van der Waals surface area (Å²) < 4.78 is 123. The van der Waals surface area contributed by atoms with E-state index in [0.717, 1.165) is 117 Å². The number of aromatic nitrogens is 2. The quantitative estimate of drug-likeness (QED) is 0.0393. The summed E-state index contributed by atoms with van der Waals surface area (Å²) in [6, 6.07) is 26.1. The van der Waals surface area contributed by atoms with Gasteiger partial charge in [0.25, 0.3) is 11.4 Å². The van der Waals surface area contributed by atoms with Gasteiger partial charge in [-0.1, -0.05) is 36.4 Å². The fourth-order valence-electron chi connectivity index (χ4n) is 7.70. The maximum atomic E-state index is 10.7. The predicted octanol–water partition coefficient (Wildman–Crippen LogP) is 13.9. The van der Waals surface area contributed by atoms with Crippen LogP contribution < -0.4 is 0 Å². The molecule has 0 atom stereocenters. The molecule has 0 unspecified atom stereocenters. The Morgan fingerprint density at radius 2 is 0.693 bits per heavy atom.